The molecule has 0 amide bonds. The largest absolute Gasteiger partial charge is 0.375 e. The van der Waals surface area contributed by atoms with Crippen molar-refractivity contribution < 1.29 is 13.2 Å². The van der Waals surface area contributed by atoms with Gasteiger partial charge in [0.05, 0.1) is 28.7 Å². The van der Waals surface area contributed by atoms with Crippen LogP contribution < -0.4 is 5.32 Å². The number of methoxy groups -OCH3 is 1. The van der Waals surface area contributed by atoms with Crippen LogP contribution in [0.15, 0.2) is 6.20 Å². The highest BCUT2D eigenvalue weighted by Crippen LogP contribution is 2.28. The number of nitrogens with one attached hydrogen (secondary N) is 1. The molecule has 1 unspecified atom stereocenters. The van der Waals surface area contributed by atoms with Gasteiger partial charge in [0.1, 0.15) is 11.6 Å². The molecule has 2 aromatic heterocycles. The van der Waals surface area contributed by atoms with E-state index in [1.165, 1.54) is 0 Å². The maximum absolute atomic E-state index is 11.7. The van der Waals surface area contributed by atoms with E-state index < -0.39 is 15.4 Å². The standard InChI is InChI=1S/C13H19N5O3S/c1-9-16-11(10-6-15-18(2)12(10)17-9)14-7-13(21-3)4-5-22(19,20)8-13/h6H,4-5,7-8H2,1-3H3,(H,14,16,17). The first kappa shape index (κ1) is 15.2. The number of rotatable bonds is 4. The van der Waals surface area contributed by atoms with E-state index in [1.807, 2.05) is 14.0 Å². The number of aromatic nitrogens is 4. The first-order valence-corrected chi connectivity index (χ1v) is 8.82. The van der Waals surface area contributed by atoms with E-state index in [1.54, 1.807) is 18.0 Å². The van der Waals surface area contributed by atoms with Crippen LogP contribution in [0.1, 0.15) is 12.2 Å². The van der Waals surface area contributed by atoms with E-state index in [9.17, 15) is 8.42 Å². The van der Waals surface area contributed by atoms with E-state index in [2.05, 4.69) is 20.4 Å². The maximum atomic E-state index is 11.7. The quantitative estimate of drug-likeness (QED) is 0.862. The Bertz CT molecular complexity index is 816. The molecule has 22 heavy (non-hydrogen) atoms. The lowest BCUT2D eigenvalue weighted by molar-refractivity contribution is 0.0241. The Balaban J connectivity index is 1.88. The normalized spacial score (nSPS) is 24.0. The van der Waals surface area contributed by atoms with Crippen LogP contribution in [-0.4, -0.2) is 58.9 Å². The second-order valence-electron chi connectivity index (χ2n) is 5.71. The van der Waals surface area contributed by atoms with Crippen molar-refractivity contribution in [3.8, 4) is 0 Å². The van der Waals surface area contributed by atoms with Gasteiger partial charge in [0.25, 0.3) is 0 Å². The zero-order valence-corrected chi connectivity index (χ0v) is 13.6. The molecule has 1 N–H and O–H groups in total. The van der Waals surface area contributed by atoms with Gasteiger partial charge in [-0.25, -0.2) is 18.4 Å². The van der Waals surface area contributed by atoms with Gasteiger partial charge in [0.2, 0.25) is 0 Å². The molecule has 1 aliphatic heterocycles. The highest BCUT2D eigenvalue weighted by atomic mass is 32.2. The van der Waals surface area contributed by atoms with Crippen LogP contribution in [0, 0.1) is 6.92 Å². The summed E-state index contributed by atoms with van der Waals surface area (Å²) in [5, 5.41) is 8.21. The summed E-state index contributed by atoms with van der Waals surface area (Å²) in [6.07, 6.45) is 2.18. The van der Waals surface area contributed by atoms with Gasteiger partial charge >= 0.3 is 0 Å². The molecule has 1 saturated heterocycles. The van der Waals surface area contributed by atoms with Gasteiger partial charge in [-0.05, 0) is 13.3 Å². The van der Waals surface area contributed by atoms with Crippen molar-refractivity contribution in [2.75, 3.05) is 30.5 Å². The molecule has 0 aliphatic carbocycles. The predicted molar refractivity (Wildman–Crippen MR) is 82.5 cm³/mol. The van der Waals surface area contributed by atoms with Crippen LogP contribution in [0.4, 0.5) is 5.82 Å². The molecule has 1 aliphatic rings. The zero-order valence-electron chi connectivity index (χ0n) is 12.8. The molecular weight excluding hydrogens is 306 g/mol. The molecule has 3 rings (SSSR count). The third-order valence-corrected chi connectivity index (χ3v) is 5.86. The van der Waals surface area contributed by atoms with Crippen molar-refractivity contribution in [1.29, 1.82) is 0 Å². The van der Waals surface area contributed by atoms with Gasteiger partial charge in [-0.3, -0.25) is 4.68 Å². The van der Waals surface area contributed by atoms with E-state index in [0.29, 0.717) is 24.6 Å². The average Bonchev–Trinajstić information content (AvgIpc) is 2.98. The van der Waals surface area contributed by atoms with E-state index >= 15 is 0 Å². The molecule has 0 spiro atoms. The van der Waals surface area contributed by atoms with Crippen molar-refractivity contribution in [1.82, 2.24) is 19.7 Å². The molecule has 9 heteroatoms. The van der Waals surface area contributed by atoms with Gasteiger partial charge in [0, 0.05) is 20.7 Å². The molecule has 1 fully saturated rings. The lowest BCUT2D eigenvalue weighted by Crippen LogP contribution is -2.40. The first-order chi connectivity index (χ1) is 10.3. The Morgan fingerprint density at radius 3 is 2.86 bits per heavy atom. The fraction of sp³-hybridized carbons (Fsp3) is 0.615. The molecule has 8 nitrogen and oxygen atoms in total. The highest BCUT2D eigenvalue weighted by molar-refractivity contribution is 7.91. The van der Waals surface area contributed by atoms with Crippen molar-refractivity contribution in [2.45, 2.75) is 18.9 Å². The summed E-state index contributed by atoms with van der Waals surface area (Å²) in [4.78, 5) is 8.76. The Morgan fingerprint density at radius 1 is 1.45 bits per heavy atom. The topological polar surface area (TPSA) is 99.0 Å². The minimum atomic E-state index is -3.03. The van der Waals surface area contributed by atoms with Crippen LogP contribution >= 0.6 is 0 Å². The van der Waals surface area contributed by atoms with E-state index in [0.717, 1.165) is 11.0 Å². The Morgan fingerprint density at radius 2 is 2.23 bits per heavy atom. The van der Waals surface area contributed by atoms with Crippen LogP contribution in [0.3, 0.4) is 0 Å². The summed E-state index contributed by atoms with van der Waals surface area (Å²) < 4.78 is 30.7. The summed E-state index contributed by atoms with van der Waals surface area (Å²) in [5.74, 6) is 1.47. The molecule has 3 heterocycles. The van der Waals surface area contributed by atoms with Gasteiger partial charge < -0.3 is 10.1 Å². The number of hydrogen-bond donors (Lipinski definition) is 1. The van der Waals surface area contributed by atoms with Crippen molar-refractivity contribution in [2.24, 2.45) is 7.05 Å². The molecule has 0 radical (unpaired) electrons. The fourth-order valence-corrected chi connectivity index (χ4v) is 4.76. The summed E-state index contributed by atoms with van der Waals surface area (Å²) >= 11 is 0. The van der Waals surface area contributed by atoms with Crippen molar-refractivity contribution >= 4 is 26.7 Å². The Hall–Kier alpha value is -1.74. The smallest absolute Gasteiger partial charge is 0.163 e. The van der Waals surface area contributed by atoms with Crippen LogP contribution in [0.5, 0.6) is 0 Å². The fourth-order valence-electron chi connectivity index (χ4n) is 2.77. The van der Waals surface area contributed by atoms with Gasteiger partial charge in [-0.2, -0.15) is 5.10 Å². The molecular formula is C13H19N5O3S. The molecule has 2 aromatic rings. The number of nitrogens with zero attached hydrogens (tertiary/aromatic N) is 4. The third-order valence-electron chi connectivity index (χ3n) is 4.07. The molecule has 0 bridgehead atoms. The molecule has 1 atom stereocenters. The number of sulfone groups is 1. The molecule has 0 saturated carbocycles. The number of hydrogen-bond acceptors (Lipinski definition) is 7. The zero-order chi connectivity index (χ0) is 16.0. The lowest BCUT2D eigenvalue weighted by Gasteiger charge is -2.26. The monoisotopic (exact) mass is 325 g/mol. The first-order valence-electron chi connectivity index (χ1n) is 7.00. The summed E-state index contributed by atoms with van der Waals surface area (Å²) in [6.45, 7) is 2.19. The van der Waals surface area contributed by atoms with Gasteiger partial charge in [-0.1, -0.05) is 0 Å². The molecule has 120 valence electrons. The Kier molecular flexibility index (Phi) is 3.56. The highest BCUT2D eigenvalue weighted by Gasteiger charge is 2.42. The van der Waals surface area contributed by atoms with Crippen LogP contribution in [0.2, 0.25) is 0 Å². The van der Waals surface area contributed by atoms with Crippen molar-refractivity contribution in [3.05, 3.63) is 12.0 Å². The van der Waals surface area contributed by atoms with Crippen LogP contribution in [-0.2, 0) is 21.6 Å². The predicted octanol–water partition coefficient (Wildman–Crippen LogP) is 0.287. The number of fused-ring (bicyclic) bond motifs is 1. The van der Waals surface area contributed by atoms with Crippen LogP contribution in [0.25, 0.3) is 11.0 Å². The van der Waals surface area contributed by atoms with Crippen molar-refractivity contribution in [3.63, 3.8) is 0 Å². The lowest BCUT2D eigenvalue weighted by atomic mass is 10.0. The Labute approximate surface area is 128 Å². The third kappa shape index (κ3) is 2.66. The molecule has 0 aromatic carbocycles. The number of ether oxygens (including phenoxy) is 1. The minimum Gasteiger partial charge on any atom is -0.375 e. The summed E-state index contributed by atoms with van der Waals surface area (Å²) in [6, 6.07) is 0. The minimum absolute atomic E-state index is 0.0315. The SMILES string of the molecule is COC1(CNc2nc(C)nc3c2cnn3C)CCS(=O)(=O)C1. The van der Waals surface area contributed by atoms with E-state index in [-0.39, 0.29) is 11.5 Å². The number of anilines is 1. The summed E-state index contributed by atoms with van der Waals surface area (Å²) in [5.41, 5.74) is 0.0344. The van der Waals surface area contributed by atoms with Gasteiger partial charge in [0.15, 0.2) is 15.5 Å². The van der Waals surface area contributed by atoms with Gasteiger partial charge in [-0.15, -0.1) is 0 Å². The number of aryl methyl sites for hydroxylation is 2. The summed E-state index contributed by atoms with van der Waals surface area (Å²) in [7, 11) is 0.336. The average molecular weight is 325 g/mol. The second-order valence-corrected chi connectivity index (χ2v) is 7.89. The van der Waals surface area contributed by atoms with E-state index in [4.69, 9.17) is 4.74 Å². The second kappa shape index (κ2) is 5.17. The maximum Gasteiger partial charge on any atom is 0.163 e.